The Morgan fingerprint density at radius 3 is 2.83 bits per heavy atom. The second-order valence-corrected chi connectivity index (χ2v) is 5.08. The number of thiazole rings is 1. The number of aliphatic hydroxyl groups is 1. The highest BCUT2D eigenvalue weighted by Gasteiger charge is 2.11. The first-order valence-corrected chi connectivity index (χ1v) is 6.89. The average molecular weight is 263 g/mol. The van der Waals surface area contributed by atoms with E-state index in [2.05, 4.69) is 4.98 Å². The van der Waals surface area contributed by atoms with Crippen molar-refractivity contribution in [3.8, 4) is 5.75 Å². The van der Waals surface area contributed by atoms with Gasteiger partial charge in [-0.25, -0.2) is 4.98 Å². The van der Waals surface area contributed by atoms with E-state index in [1.54, 1.807) is 11.3 Å². The van der Waals surface area contributed by atoms with E-state index in [0.29, 0.717) is 13.0 Å². The molecule has 3 nitrogen and oxygen atoms in total. The maximum absolute atomic E-state index is 9.92. The SMILES string of the molecule is CCC(O)c1ccccc1OCc1nc(C)cs1. The van der Waals surface area contributed by atoms with Crippen molar-refractivity contribution in [3.63, 3.8) is 0 Å². The van der Waals surface area contributed by atoms with Gasteiger partial charge in [0.2, 0.25) is 0 Å². The van der Waals surface area contributed by atoms with E-state index in [-0.39, 0.29) is 0 Å². The van der Waals surface area contributed by atoms with Gasteiger partial charge in [-0.2, -0.15) is 0 Å². The fourth-order valence-corrected chi connectivity index (χ4v) is 2.40. The molecule has 0 saturated carbocycles. The van der Waals surface area contributed by atoms with Crippen molar-refractivity contribution in [1.82, 2.24) is 4.98 Å². The van der Waals surface area contributed by atoms with Crippen LogP contribution >= 0.6 is 11.3 Å². The molecule has 1 heterocycles. The molecule has 0 aliphatic rings. The van der Waals surface area contributed by atoms with E-state index >= 15 is 0 Å². The Kier molecular flexibility index (Phi) is 4.33. The van der Waals surface area contributed by atoms with Crippen molar-refractivity contribution in [2.75, 3.05) is 0 Å². The van der Waals surface area contributed by atoms with Gasteiger partial charge in [-0.15, -0.1) is 11.3 Å². The third-order valence-corrected chi connectivity index (χ3v) is 3.62. The predicted octanol–water partition coefficient (Wildman–Crippen LogP) is 3.47. The van der Waals surface area contributed by atoms with E-state index in [1.165, 1.54) is 0 Å². The number of hydrogen-bond acceptors (Lipinski definition) is 4. The Labute approximate surface area is 111 Å². The van der Waals surface area contributed by atoms with Gasteiger partial charge >= 0.3 is 0 Å². The van der Waals surface area contributed by atoms with Gasteiger partial charge in [-0.1, -0.05) is 25.1 Å². The van der Waals surface area contributed by atoms with Crippen molar-refractivity contribution in [2.45, 2.75) is 33.0 Å². The minimum absolute atomic E-state index is 0.450. The monoisotopic (exact) mass is 263 g/mol. The highest BCUT2D eigenvalue weighted by Crippen LogP contribution is 2.27. The molecule has 1 unspecified atom stereocenters. The summed E-state index contributed by atoms with van der Waals surface area (Å²) in [5.74, 6) is 0.736. The molecule has 0 aliphatic heterocycles. The number of nitrogens with zero attached hydrogens (tertiary/aromatic N) is 1. The van der Waals surface area contributed by atoms with Crippen LogP contribution in [0.3, 0.4) is 0 Å². The second-order valence-electron chi connectivity index (χ2n) is 4.13. The van der Waals surface area contributed by atoms with Gasteiger partial charge in [0, 0.05) is 16.6 Å². The Bertz CT molecular complexity index is 510. The molecule has 0 amide bonds. The van der Waals surface area contributed by atoms with Crippen molar-refractivity contribution in [1.29, 1.82) is 0 Å². The van der Waals surface area contributed by atoms with E-state index in [1.807, 2.05) is 43.5 Å². The number of hydrogen-bond donors (Lipinski definition) is 1. The Hall–Kier alpha value is -1.39. The summed E-state index contributed by atoms with van der Waals surface area (Å²) in [7, 11) is 0. The van der Waals surface area contributed by atoms with Crippen molar-refractivity contribution in [3.05, 3.63) is 45.9 Å². The molecule has 0 aliphatic carbocycles. The summed E-state index contributed by atoms with van der Waals surface area (Å²) < 4.78 is 5.75. The fourth-order valence-electron chi connectivity index (χ4n) is 1.72. The molecule has 0 spiro atoms. The number of aromatic nitrogens is 1. The lowest BCUT2D eigenvalue weighted by molar-refractivity contribution is 0.166. The molecule has 1 aromatic carbocycles. The van der Waals surface area contributed by atoms with Crippen LogP contribution in [-0.4, -0.2) is 10.1 Å². The molecule has 18 heavy (non-hydrogen) atoms. The molecular formula is C14H17NO2S. The van der Waals surface area contributed by atoms with Crippen LogP contribution in [0.5, 0.6) is 5.75 Å². The van der Waals surface area contributed by atoms with Crippen LogP contribution in [0.25, 0.3) is 0 Å². The van der Waals surface area contributed by atoms with Crippen LogP contribution in [0, 0.1) is 6.92 Å². The molecule has 0 radical (unpaired) electrons. The molecule has 2 aromatic rings. The van der Waals surface area contributed by atoms with Crippen LogP contribution in [0.2, 0.25) is 0 Å². The van der Waals surface area contributed by atoms with Gasteiger partial charge in [0.15, 0.2) is 0 Å². The van der Waals surface area contributed by atoms with Crippen LogP contribution in [0.4, 0.5) is 0 Å². The number of para-hydroxylation sites is 1. The minimum Gasteiger partial charge on any atom is -0.486 e. The first-order valence-electron chi connectivity index (χ1n) is 6.01. The van der Waals surface area contributed by atoms with Crippen molar-refractivity contribution >= 4 is 11.3 Å². The lowest BCUT2D eigenvalue weighted by atomic mass is 10.1. The Morgan fingerprint density at radius 1 is 1.39 bits per heavy atom. The number of aliphatic hydroxyl groups excluding tert-OH is 1. The standard InChI is InChI=1S/C14H17NO2S/c1-3-12(16)11-6-4-5-7-13(11)17-8-14-15-10(2)9-18-14/h4-7,9,12,16H,3,8H2,1-2H3. The topological polar surface area (TPSA) is 42.4 Å². The summed E-state index contributed by atoms with van der Waals surface area (Å²) in [4.78, 5) is 4.35. The number of benzene rings is 1. The van der Waals surface area contributed by atoms with Crippen LogP contribution < -0.4 is 4.74 Å². The largest absolute Gasteiger partial charge is 0.486 e. The maximum Gasteiger partial charge on any atom is 0.140 e. The van der Waals surface area contributed by atoms with Crippen LogP contribution in [-0.2, 0) is 6.61 Å². The molecule has 1 N–H and O–H groups in total. The van der Waals surface area contributed by atoms with E-state index in [0.717, 1.165) is 22.0 Å². The first-order chi connectivity index (χ1) is 8.70. The Morgan fingerprint density at radius 2 is 2.17 bits per heavy atom. The van der Waals surface area contributed by atoms with Gasteiger partial charge in [-0.05, 0) is 19.4 Å². The minimum atomic E-state index is -0.473. The summed E-state index contributed by atoms with van der Waals surface area (Å²) in [6.45, 7) is 4.37. The molecule has 96 valence electrons. The van der Waals surface area contributed by atoms with Crippen LogP contribution in [0.15, 0.2) is 29.6 Å². The molecule has 1 atom stereocenters. The zero-order valence-electron chi connectivity index (χ0n) is 10.6. The lowest BCUT2D eigenvalue weighted by Crippen LogP contribution is -2.02. The van der Waals surface area contributed by atoms with E-state index in [9.17, 15) is 5.11 Å². The third kappa shape index (κ3) is 3.09. The van der Waals surface area contributed by atoms with E-state index in [4.69, 9.17) is 4.74 Å². The zero-order chi connectivity index (χ0) is 13.0. The van der Waals surface area contributed by atoms with Gasteiger partial charge < -0.3 is 9.84 Å². The molecule has 0 saturated heterocycles. The number of ether oxygens (including phenoxy) is 1. The maximum atomic E-state index is 9.92. The summed E-state index contributed by atoms with van der Waals surface area (Å²) >= 11 is 1.59. The zero-order valence-corrected chi connectivity index (χ0v) is 11.4. The van der Waals surface area contributed by atoms with Crippen molar-refractivity contribution in [2.24, 2.45) is 0 Å². The first kappa shape index (κ1) is 13.1. The molecular weight excluding hydrogens is 246 g/mol. The highest BCUT2D eigenvalue weighted by atomic mass is 32.1. The summed E-state index contributed by atoms with van der Waals surface area (Å²) in [5.41, 5.74) is 1.86. The summed E-state index contributed by atoms with van der Waals surface area (Å²) in [6.07, 6.45) is 0.204. The quantitative estimate of drug-likeness (QED) is 0.898. The normalized spacial score (nSPS) is 12.4. The molecule has 4 heteroatoms. The van der Waals surface area contributed by atoms with E-state index < -0.39 is 6.10 Å². The summed E-state index contributed by atoms with van der Waals surface area (Å²) in [5, 5.41) is 12.9. The molecule has 0 fully saturated rings. The molecule has 2 rings (SSSR count). The molecule has 1 aromatic heterocycles. The molecule has 0 bridgehead atoms. The van der Waals surface area contributed by atoms with Gasteiger partial charge in [-0.3, -0.25) is 0 Å². The number of rotatable bonds is 5. The smallest absolute Gasteiger partial charge is 0.140 e. The van der Waals surface area contributed by atoms with Gasteiger partial charge in [0.25, 0.3) is 0 Å². The van der Waals surface area contributed by atoms with Crippen molar-refractivity contribution < 1.29 is 9.84 Å². The predicted molar refractivity (Wildman–Crippen MR) is 72.9 cm³/mol. The third-order valence-electron chi connectivity index (χ3n) is 2.68. The summed E-state index contributed by atoms with van der Waals surface area (Å²) in [6, 6.07) is 7.61. The highest BCUT2D eigenvalue weighted by molar-refractivity contribution is 7.09. The average Bonchev–Trinajstić information content (AvgIpc) is 2.81. The lowest BCUT2D eigenvalue weighted by Gasteiger charge is -2.14. The Balaban J connectivity index is 2.09. The number of aryl methyl sites for hydroxylation is 1. The van der Waals surface area contributed by atoms with Gasteiger partial charge in [0.05, 0.1) is 6.10 Å². The van der Waals surface area contributed by atoms with Gasteiger partial charge in [0.1, 0.15) is 17.4 Å². The fraction of sp³-hybridized carbons (Fsp3) is 0.357. The van der Waals surface area contributed by atoms with Crippen LogP contribution in [0.1, 0.15) is 35.7 Å². The second kappa shape index (κ2) is 5.98.